The molecule has 1 saturated heterocycles. The second kappa shape index (κ2) is 7.07. The smallest absolute Gasteiger partial charge is 0.409 e. The summed E-state index contributed by atoms with van der Waals surface area (Å²) in [6.07, 6.45) is -0.293. The lowest BCUT2D eigenvalue weighted by atomic mass is 10.3. The molecule has 0 aliphatic carbocycles. The fraction of sp³-hybridized carbons (Fsp3) is 0.615. The third-order valence-electron chi connectivity index (χ3n) is 3.16. The van der Waals surface area contributed by atoms with Gasteiger partial charge in [0, 0.05) is 32.2 Å². The largest absolute Gasteiger partial charge is 0.450 e. The molecule has 0 spiro atoms. The van der Waals surface area contributed by atoms with E-state index >= 15 is 0 Å². The molecule has 1 fully saturated rings. The first-order valence-corrected chi connectivity index (χ1v) is 6.95. The van der Waals surface area contributed by atoms with Crippen LogP contribution in [0, 0.1) is 6.92 Å². The second-order valence-corrected chi connectivity index (χ2v) is 4.84. The van der Waals surface area contributed by atoms with Crippen molar-refractivity contribution < 1.29 is 18.8 Å². The van der Waals surface area contributed by atoms with Gasteiger partial charge < -0.3 is 14.2 Å². The Hall–Kier alpha value is -2.09. The molecule has 2 rings (SSSR count). The number of nitrogens with zero attached hydrogens (tertiary/aromatic N) is 3. The van der Waals surface area contributed by atoms with Crippen LogP contribution in [0.4, 0.5) is 10.7 Å². The number of nitrogens with one attached hydrogen (secondary N) is 1. The van der Waals surface area contributed by atoms with Gasteiger partial charge in [0.05, 0.1) is 18.8 Å². The minimum atomic E-state index is -0.293. The van der Waals surface area contributed by atoms with Gasteiger partial charge in [-0.05, 0) is 13.8 Å². The van der Waals surface area contributed by atoms with Crippen LogP contribution in [0.5, 0.6) is 0 Å². The minimum absolute atomic E-state index is 0.157. The summed E-state index contributed by atoms with van der Waals surface area (Å²) in [5.41, 5.74) is 0.716. The van der Waals surface area contributed by atoms with E-state index in [-0.39, 0.29) is 18.5 Å². The average Bonchev–Trinajstić information content (AvgIpc) is 2.85. The van der Waals surface area contributed by atoms with Gasteiger partial charge in [0.25, 0.3) is 0 Å². The van der Waals surface area contributed by atoms with E-state index in [0.29, 0.717) is 44.4 Å². The molecule has 1 N–H and O–H groups in total. The Kier molecular flexibility index (Phi) is 5.15. The zero-order chi connectivity index (χ0) is 15.2. The molecular formula is C13H20N4O4. The SMILES string of the molecule is CCOC(=O)N1CCN(CC(=O)Nc2cc(C)no2)CC1. The molecule has 0 radical (unpaired) electrons. The fourth-order valence-corrected chi connectivity index (χ4v) is 2.11. The summed E-state index contributed by atoms with van der Waals surface area (Å²) in [4.78, 5) is 27.1. The highest BCUT2D eigenvalue weighted by atomic mass is 16.6. The number of amides is 2. The van der Waals surface area contributed by atoms with Gasteiger partial charge in [-0.2, -0.15) is 0 Å². The maximum Gasteiger partial charge on any atom is 0.409 e. The number of rotatable bonds is 4. The Morgan fingerprint density at radius 3 is 2.67 bits per heavy atom. The number of anilines is 1. The Bertz CT molecular complexity index is 494. The number of hydrogen-bond acceptors (Lipinski definition) is 6. The maximum absolute atomic E-state index is 11.9. The van der Waals surface area contributed by atoms with Crippen LogP contribution in [0.1, 0.15) is 12.6 Å². The lowest BCUT2D eigenvalue weighted by Crippen LogP contribution is -2.50. The number of aromatic nitrogens is 1. The van der Waals surface area contributed by atoms with Gasteiger partial charge in [0.2, 0.25) is 11.8 Å². The molecule has 0 unspecified atom stereocenters. The predicted octanol–water partition coefficient (Wildman–Crippen LogP) is 0.696. The maximum atomic E-state index is 11.9. The Morgan fingerprint density at radius 2 is 2.10 bits per heavy atom. The molecule has 2 amide bonds. The molecule has 0 bridgehead atoms. The summed E-state index contributed by atoms with van der Waals surface area (Å²) in [5, 5.41) is 6.35. The summed E-state index contributed by atoms with van der Waals surface area (Å²) in [7, 11) is 0. The fourth-order valence-electron chi connectivity index (χ4n) is 2.11. The lowest BCUT2D eigenvalue weighted by molar-refractivity contribution is -0.117. The molecule has 0 aromatic carbocycles. The number of carbonyl (C=O) groups excluding carboxylic acids is 2. The molecule has 1 aromatic rings. The van der Waals surface area contributed by atoms with Gasteiger partial charge in [-0.25, -0.2) is 4.79 Å². The standard InChI is InChI=1S/C13H20N4O4/c1-3-20-13(19)17-6-4-16(5-7-17)9-11(18)14-12-8-10(2)15-21-12/h8H,3-7,9H2,1-2H3,(H,14,18). The summed E-state index contributed by atoms with van der Waals surface area (Å²) < 4.78 is 9.88. The van der Waals surface area contributed by atoms with E-state index in [0.717, 1.165) is 0 Å². The van der Waals surface area contributed by atoms with E-state index in [4.69, 9.17) is 9.26 Å². The molecule has 0 saturated carbocycles. The van der Waals surface area contributed by atoms with Crippen LogP contribution in [0.25, 0.3) is 0 Å². The van der Waals surface area contributed by atoms with Gasteiger partial charge >= 0.3 is 6.09 Å². The van der Waals surface area contributed by atoms with Gasteiger partial charge in [-0.15, -0.1) is 0 Å². The molecule has 2 heterocycles. The summed E-state index contributed by atoms with van der Waals surface area (Å²) >= 11 is 0. The van der Waals surface area contributed by atoms with Crippen molar-refractivity contribution in [1.82, 2.24) is 15.0 Å². The van der Waals surface area contributed by atoms with E-state index in [1.165, 1.54) is 0 Å². The number of ether oxygens (including phenoxy) is 1. The number of piperazine rings is 1. The first kappa shape index (κ1) is 15.3. The highest BCUT2D eigenvalue weighted by Crippen LogP contribution is 2.09. The van der Waals surface area contributed by atoms with Crippen LogP contribution in [0.2, 0.25) is 0 Å². The monoisotopic (exact) mass is 296 g/mol. The van der Waals surface area contributed by atoms with Crippen LogP contribution in [0.15, 0.2) is 10.6 Å². The molecule has 116 valence electrons. The third kappa shape index (κ3) is 4.45. The number of aryl methyl sites for hydroxylation is 1. The zero-order valence-corrected chi connectivity index (χ0v) is 12.3. The van der Waals surface area contributed by atoms with Crippen molar-refractivity contribution in [2.24, 2.45) is 0 Å². The van der Waals surface area contributed by atoms with Crippen molar-refractivity contribution in [2.45, 2.75) is 13.8 Å². The Labute approximate surface area is 123 Å². The van der Waals surface area contributed by atoms with Gasteiger partial charge in [-0.3, -0.25) is 15.0 Å². The van der Waals surface area contributed by atoms with Crippen LogP contribution in [-0.2, 0) is 9.53 Å². The second-order valence-electron chi connectivity index (χ2n) is 4.84. The zero-order valence-electron chi connectivity index (χ0n) is 12.3. The van der Waals surface area contributed by atoms with Crippen molar-refractivity contribution in [2.75, 3.05) is 44.6 Å². The topological polar surface area (TPSA) is 87.9 Å². The first-order valence-electron chi connectivity index (χ1n) is 6.95. The van der Waals surface area contributed by atoms with E-state index in [2.05, 4.69) is 10.5 Å². The van der Waals surface area contributed by atoms with Crippen molar-refractivity contribution in [3.8, 4) is 0 Å². The molecule has 1 aromatic heterocycles. The summed E-state index contributed by atoms with van der Waals surface area (Å²) in [5.74, 6) is 0.193. The van der Waals surface area contributed by atoms with Crippen molar-refractivity contribution in [3.05, 3.63) is 11.8 Å². The van der Waals surface area contributed by atoms with Crippen LogP contribution in [-0.4, -0.2) is 66.3 Å². The molecule has 8 nitrogen and oxygen atoms in total. The van der Waals surface area contributed by atoms with Crippen LogP contribution < -0.4 is 5.32 Å². The van der Waals surface area contributed by atoms with Crippen molar-refractivity contribution >= 4 is 17.9 Å². The molecular weight excluding hydrogens is 276 g/mol. The molecule has 21 heavy (non-hydrogen) atoms. The summed E-state index contributed by atoms with van der Waals surface area (Å²) in [6.45, 7) is 6.61. The molecule has 8 heteroatoms. The highest BCUT2D eigenvalue weighted by molar-refractivity contribution is 5.90. The van der Waals surface area contributed by atoms with E-state index < -0.39 is 0 Å². The number of carbonyl (C=O) groups is 2. The van der Waals surface area contributed by atoms with Crippen molar-refractivity contribution in [3.63, 3.8) is 0 Å². The Balaban J connectivity index is 1.73. The predicted molar refractivity (Wildman–Crippen MR) is 74.9 cm³/mol. The molecule has 1 aliphatic rings. The minimum Gasteiger partial charge on any atom is -0.450 e. The third-order valence-corrected chi connectivity index (χ3v) is 3.16. The summed E-state index contributed by atoms with van der Waals surface area (Å²) in [6, 6.07) is 1.66. The van der Waals surface area contributed by atoms with Gasteiger partial charge in [0.15, 0.2) is 0 Å². The van der Waals surface area contributed by atoms with E-state index in [9.17, 15) is 9.59 Å². The van der Waals surface area contributed by atoms with Gasteiger partial charge in [-0.1, -0.05) is 5.16 Å². The van der Waals surface area contributed by atoms with Crippen LogP contribution in [0.3, 0.4) is 0 Å². The van der Waals surface area contributed by atoms with Crippen LogP contribution >= 0.6 is 0 Å². The lowest BCUT2D eigenvalue weighted by Gasteiger charge is -2.33. The van der Waals surface area contributed by atoms with Crippen molar-refractivity contribution in [1.29, 1.82) is 0 Å². The Morgan fingerprint density at radius 1 is 1.38 bits per heavy atom. The highest BCUT2D eigenvalue weighted by Gasteiger charge is 2.23. The first-order chi connectivity index (χ1) is 10.1. The molecule has 0 atom stereocenters. The van der Waals surface area contributed by atoms with Gasteiger partial charge in [0.1, 0.15) is 0 Å². The normalized spacial score (nSPS) is 15.8. The van der Waals surface area contributed by atoms with E-state index in [1.54, 1.807) is 24.8 Å². The number of hydrogen-bond donors (Lipinski definition) is 1. The average molecular weight is 296 g/mol. The molecule has 1 aliphatic heterocycles. The quantitative estimate of drug-likeness (QED) is 0.879. The van der Waals surface area contributed by atoms with E-state index in [1.807, 2.05) is 4.90 Å².